The first kappa shape index (κ1) is 63.2. The van der Waals surface area contributed by atoms with Gasteiger partial charge in [-0.25, -0.2) is 9.98 Å². The lowest BCUT2D eigenvalue weighted by Crippen LogP contribution is -2.47. The van der Waals surface area contributed by atoms with Crippen LogP contribution in [0.25, 0.3) is 87.6 Å². The van der Waals surface area contributed by atoms with Crippen molar-refractivity contribution >= 4 is 111 Å². The first-order chi connectivity index (χ1) is 55.1. The van der Waals surface area contributed by atoms with Crippen LogP contribution in [0, 0.1) is 0 Å². The van der Waals surface area contributed by atoms with Gasteiger partial charge in [0, 0.05) is 110 Å². The van der Waals surface area contributed by atoms with Crippen molar-refractivity contribution < 1.29 is 19.8 Å². The molecule has 8 aliphatic rings. The molecule has 24 rings (SSSR count). The number of hydrogen-bond acceptors (Lipinski definition) is 12. The molecule has 16 aromatic carbocycles. The SMILES string of the molecule is O=C1C(c2ccc3cccc4c3c2NC(c2ccccc2)(c2ccccc2)N4)=C(O)C1=c1ccc2cccc3c2c1=NC(c1ccccc1)(c1ccccc1)N3.O=C1C(c2ccc3cccc4c3c2NC2(N4)c3ccccc3-c3ccccc32)=C(O)C1=c1ccc2cccc3c2c1=NC1(N3)c2ccccc2-c2ccccc21. The van der Waals surface area contributed by atoms with Gasteiger partial charge in [0.1, 0.15) is 11.5 Å². The van der Waals surface area contributed by atoms with E-state index in [4.69, 9.17) is 9.98 Å². The summed E-state index contributed by atoms with van der Waals surface area (Å²) in [5, 5.41) is 58.1. The highest BCUT2D eigenvalue weighted by molar-refractivity contribution is 6.53. The van der Waals surface area contributed by atoms with Gasteiger partial charge in [0.15, 0.2) is 22.7 Å². The van der Waals surface area contributed by atoms with Crippen LogP contribution in [-0.4, -0.2) is 21.8 Å². The summed E-state index contributed by atoms with van der Waals surface area (Å²) in [6.07, 6.45) is 0. The third-order valence-corrected chi connectivity index (χ3v) is 24.2. The Balaban J connectivity index is 0.000000134. The maximum atomic E-state index is 14.9. The number of nitrogens with one attached hydrogen (secondary N) is 6. The summed E-state index contributed by atoms with van der Waals surface area (Å²) in [7, 11) is 0. The number of aliphatic hydroxyl groups is 2. The van der Waals surface area contributed by atoms with Crippen LogP contribution >= 0.6 is 0 Å². The van der Waals surface area contributed by atoms with E-state index in [0.29, 0.717) is 37.9 Å². The Morgan fingerprint density at radius 3 is 0.982 bits per heavy atom. The molecular formula is C100H64N8O4. The minimum atomic E-state index is -0.983. The number of allylic oxidation sites excluding steroid dienone is 4. The molecule has 0 bridgehead atoms. The fourth-order valence-electron chi connectivity index (χ4n) is 19.2. The number of hydrogen-bond donors (Lipinski definition) is 8. The van der Waals surface area contributed by atoms with Gasteiger partial charge in [0.25, 0.3) is 0 Å². The van der Waals surface area contributed by atoms with Crippen molar-refractivity contribution in [2.24, 2.45) is 9.98 Å². The van der Waals surface area contributed by atoms with Gasteiger partial charge in [-0.3, -0.25) is 9.59 Å². The molecule has 8 N–H and O–H groups in total. The Labute approximate surface area is 641 Å². The van der Waals surface area contributed by atoms with E-state index in [2.05, 4.69) is 232 Å². The van der Waals surface area contributed by atoms with Crippen LogP contribution in [0.3, 0.4) is 0 Å². The van der Waals surface area contributed by atoms with E-state index in [1.807, 2.05) is 140 Å². The predicted octanol–water partition coefficient (Wildman–Crippen LogP) is 18.7. The van der Waals surface area contributed by atoms with Crippen LogP contribution in [0.15, 0.2) is 361 Å². The molecule has 0 unspecified atom stereocenters. The number of aliphatic hydroxyl groups excluding tert-OH is 2. The number of nitrogens with zero attached hydrogens (tertiary/aromatic N) is 2. The predicted molar refractivity (Wildman–Crippen MR) is 448 cm³/mol. The molecule has 12 heteroatoms. The van der Waals surface area contributed by atoms with Crippen LogP contribution in [-0.2, 0) is 32.2 Å². The summed E-state index contributed by atoms with van der Waals surface area (Å²) < 4.78 is 0. The maximum absolute atomic E-state index is 14.9. The third-order valence-electron chi connectivity index (χ3n) is 24.2. The minimum Gasteiger partial charge on any atom is -0.506 e. The smallest absolute Gasteiger partial charge is 0.201 e. The summed E-state index contributed by atoms with van der Waals surface area (Å²) in [6, 6.07) is 115. The van der Waals surface area contributed by atoms with Crippen LogP contribution in [0.5, 0.6) is 0 Å². The zero-order valence-corrected chi connectivity index (χ0v) is 59.9. The second kappa shape index (κ2) is 23.3. The van der Waals surface area contributed by atoms with Crippen LogP contribution in [0.1, 0.15) is 55.6 Å². The molecule has 0 saturated heterocycles. The Bertz CT molecular complexity index is 6860. The number of Topliss-reactive ketones (excluding diaryl/α,β-unsaturated/α-hetero) is 2. The monoisotopic (exact) mass is 1440 g/mol. The Hall–Kier alpha value is -14.9. The van der Waals surface area contributed by atoms with Crippen LogP contribution in [0.4, 0.5) is 34.1 Å². The molecule has 0 radical (unpaired) electrons. The summed E-state index contributed by atoms with van der Waals surface area (Å²) in [5.74, 6) is -0.499. The number of ketones is 2. The molecule has 0 aromatic heterocycles. The maximum Gasteiger partial charge on any atom is 0.201 e. The van der Waals surface area contributed by atoms with Gasteiger partial charge in [0.2, 0.25) is 11.6 Å². The Morgan fingerprint density at radius 1 is 0.241 bits per heavy atom. The van der Waals surface area contributed by atoms with Crippen molar-refractivity contribution in [1.82, 2.24) is 0 Å². The molecule has 4 aliphatic heterocycles. The first-order valence-electron chi connectivity index (χ1n) is 37.8. The summed E-state index contributed by atoms with van der Waals surface area (Å²) in [4.78, 5) is 40.8. The lowest BCUT2D eigenvalue weighted by Gasteiger charge is -2.43. The molecule has 2 spiro atoms. The van der Waals surface area contributed by atoms with Gasteiger partial charge < -0.3 is 42.1 Å². The molecule has 0 saturated carbocycles. The average Bonchev–Trinajstić information content (AvgIpc) is 1.42. The van der Waals surface area contributed by atoms with E-state index < -0.39 is 22.7 Å². The Kier molecular flexibility index (Phi) is 13.2. The van der Waals surface area contributed by atoms with E-state index in [9.17, 15) is 19.8 Å². The van der Waals surface area contributed by atoms with E-state index >= 15 is 0 Å². The fourth-order valence-corrected chi connectivity index (χ4v) is 19.2. The zero-order chi connectivity index (χ0) is 74.3. The van der Waals surface area contributed by atoms with Gasteiger partial charge in [-0.2, -0.15) is 0 Å². The zero-order valence-electron chi connectivity index (χ0n) is 59.9. The summed E-state index contributed by atoms with van der Waals surface area (Å²) in [5.41, 5.74) is 17.0. The number of carbonyl (C=O) groups is 2. The molecule has 0 fully saturated rings. The Morgan fingerprint density at radius 2 is 0.562 bits per heavy atom. The normalized spacial score (nSPS) is 17.3. The quantitative estimate of drug-likeness (QED) is 0.0801. The van der Waals surface area contributed by atoms with Crippen molar-refractivity contribution in [3.63, 3.8) is 0 Å². The number of anilines is 6. The van der Waals surface area contributed by atoms with Crippen LogP contribution < -0.4 is 53.1 Å². The molecular weight excluding hydrogens is 1380 g/mol. The second-order valence-corrected chi connectivity index (χ2v) is 29.9. The minimum absolute atomic E-state index is 0.0206. The highest BCUT2D eigenvalue weighted by atomic mass is 16.3. The van der Waals surface area contributed by atoms with E-state index in [1.165, 1.54) is 0 Å². The van der Waals surface area contributed by atoms with Gasteiger partial charge in [-0.05, 0) is 68.1 Å². The number of fused-ring (bicyclic) bond motifs is 10. The molecule has 16 aromatic rings. The molecule has 0 atom stereocenters. The van der Waals surface area contributed by atoms with Crippen molar-refractivity contribution in [2.75, 3.05) is 31.9 Å². The number of rotatable bonds is 6. The molecule has 4 aliphatic carbocycles. The summed E-state index contributed by atoms with van der Waals surface area (Å²) in [6.45, 7) is 0. The van der Waals surface area contributed by atoms with E-state index in [1.54, 1.807) is 0 Å². The van der Waals surface area contributed by atoms with Crippen molar-refractivity contribution in [2.45, 2.75) is 22.7 Å². The standard InChI is InChI=1S/C50H30N4O2.C50H34N4O2/c55-47-43(33-25-23-27-11-9-21-39-41(27)45(33)53-49(51-39)35-17-5-1-13-29(35)30-14-2-6-18-36(30)49)48(56)44(47)34-26-24-28-12-10-22-40-42(28)46(34)54-50(52-40)37-19-7-3-15-31(37)32-16-4-8-20-38(32)50;55-47-43(37-29-27-31-15-13-25-39-41(31)45(37)53-49(51-39,33-17-5-1-6-18-33)34-19-7-2-8-20-34)48(56)44(47)38-30-28-32-16-14-26-40-42(32)46(38)54-50(52-40,35-21-9-3-10-22-35)36-23-11-4-12-24-36/h1-26,51-53,55H;1-30,51-53,55H. The number of carbonyl (C=O) groups excluding carboxylic acids is 2. The van der Waals surface area contributed by atoms with Gasteiger partial charge >= 0.3 is 0 Å². The lowest BCUT2D eigenvalue weighted by atomic mass is 9.79. The van der Waals surface area contributed by atoms with Crippen LogP contribution in [0.2, 0.25) is 0 Å². The largest absolute Gasteiger partial charge is 0.506 e. The molecule has 4 heterocycles. The first-order valence-corrected chi connectivity index (χ1v) is 37.8. The number of benzene rings is 16. The van der Waals surface area contributed by atoms with Crippen molar-refractivity contribution in [3.8, 4) is 22.3 Å². The second-order valence-electron chi connectivity index (χ2n) is 29.9. The van der Waals surface area contributed by atoms with Gasteiger partial charge in [-0.15, -0.1) is 0 Å². The van der Waals surface area contributed by atoms with Gasteiger partial charge in [0.05, 0.1) is 44.4 Å². The average molecular weight is 1440 g/mol. The van der Waals surface area contributed by atoms with E-state index in [0.717, 1.165) is 144 Å². The molecule has 112 heavy (non-hydrogen) atoms. The lowest BCUT2D eigenvalue weighted by molar-refractivity contribution is -0.110. The molecule has 12 nitrogen and oxygen atoms in total. The molecule has 0 amide bonds. The molecule has 528 valence electrons. The highest BCUT2D eigenvalue weighted by Crippen LogP contribution is 2.57. The highest BCUT2D eigenvalue weighted by Gasteiger charge is 2.50. The summed E-state index contributed by atoms with van der Waals surface area (Å²) >= 11 is 0. The third kappa shape index (κ3) is 8.59. The topological polar surface area (TPSA) is 171 Å². The fraction of sp³-hybridized carbons (Fsp3) is 0.0400. The van der Waals surface area contributed by atoms with E-state index in [-0.39, 0.29) is 39.8 Å². The van der Waals surface area contributed by atoms with Crippen molar-refractivity contribution in [3.05, 3.63) is 428 Å². The van der Waals surface area contributed by atoms with Gasteiger partial charge in [-0.1, -0.05) is 315 Å². The van der Waals surface area contributed by atoms with Crippen molar-refractivity contribution in [1.29, 1.82) is 0 Å².